The summed E-state index contributed by atoms with van der Waals surface area (Å²) in [6, 6.07) is 6.88. The van der Waals surface area contributed by atoms with Crippen LogP contribution in [-0.2, 0) is 4.79 Å². The Morgan fingerprint density at radius 3 is 2.85 bits per heavy atom. The summed E-state index contributed by atoms with van der Waals surface area (Å²) in [7, 11) is 0. The van der Waals surface area contributed by atoms with Gasteiger partial charge in [-0.05, 0) is 44.9 Å². The molecule has 1 aromatic heterocycles. The van der Waals surface area contributed by atoms with Crippen molar-refractivity contribution < 1.29 is 13.7 Å². The van der Waals surface area contributed by atoms with Crippen molar-refractivity contribution in [2.45, 2.75) is 45.3 Å². The lowest BCUT2D eigenvalue weighted by Gasteiger charge is -2.32. The zero-order chi connectivity index (χ0) is 19.6. The Labute approximate surface area is 163 Å². The van der Waals surface area contributed by atoms with E-state index in [1.165, 1.54) is 6.07 Å². The first-order chi connectivity index (χ1) is 12.8. The fraction of sp³-hybridized carbons (Fsp3) is 0.474. The minimum atomic E-state index is -0.428. The standard InChI is InChI=1S/C19H24ClFN4O2/c1-11(2)25-7-6-16(19(25)13-4-5-14(20)15(21)9-13)22-10-18(26)23-17-8-12(3)27-24-17/h4-5,8-9,11,16,19,22H,6-7,10H2,1-3H3,(H,23,24,26). The number of amides is 1. The number of nitrogens with zero attached hydrogens (tertiary/aromatic N) is 2. The summed E-state index contributed by atoms with van der Waals surface area (Å²) >= 11 is 5.83. The molecule has 2 aromatic rings. The van der Waals surface area contributed by atoms with E-state index in [2.05, 4.69) is 34.5 Å². The van der Waals surface area contributed by atoms with E-state index >= 15 is 0 Å². The first-order valence-electron chi connectivity index (χ1n) is 9.02. The molecule has 6 nitrogen and oxygen atoms in total. The van der Waals surface area contributed by atoms with Gasteiger partial charge in [0.1, 0.15) is 11.6 Å². The Bertz CT molecular complexity index is 811. The maximum absolute atomic E-state index is 14.0. The van der Waals surface area contributed by atoms with Crippen molar-refractivity contribution in [2.75, 3.05) is 18.4 Å². The number of hydrogen-bond donors (Lipinski definition) is 2. The van der Waals surface area contributed by atoms with Crippen molar-refractivity contribution in [2.24, 2.45) is 0 Å². The Morgan fingerprint density at radius 2 is 2.22 bits per heavy atom. The smallest absolute Gasteiger partial charge is 0.239 e. The molecular weight excluding hydrogens is 371 g/mol. The van der Waals surface area contributed by atoms with Crippen LogP contribution in [0, 0.1) is 12.7 Å². The average molecular weight is 395 g/mol. The van der Waals surface area contributed by atoms with Gasteiger partial charge in [-0.2, -0.15) is 0 Å². The summed E-state index contributed by atoms with van der Waals surface area (Å²) in [5.41, 5.74) is 0.855. The molecule has 1 aliphatic rings. The molecule has 0 bridgehead atoms. The van der Waals surface area contributed by atoms with Gasteiger partial charge in [0.15, 0.2) is 5.82 Å². The zero-order valence-electron chi connectivity index (χ0n) is 15.6. The van der Waals surface area contributed by atoms with Gasteiger partial charge < -0.3 is 15.2 Å². The third-order valence-electron chi connectivity index (χ3n) is 4.81. The Kier molecular flexibility index (Phi) is 6.14. The van der Waals surface area contributed by atoms with Crippen molar-refractivity contribution in [3.05, 3.63) is 46.4 Å². The number of nitrogens with one attached hydrogen (secondary N) is 2. The maximum Gasteiger partial charge on any atom is 0.239 e. The third kappa shape index (κ3) is 4.66. The largest absolute Gasteiger partial charge is 0.360 e. The lowest BCUT2D eigenvalue weighted by atomic mass is 9.99. The van der Waals surface area contributed by atoms with Crippen LogP contribution in [0.25, 0.3) is 0 Å². The predicted molar refractivity (Wildman–Crippen MR) is 102 cm³/mol. The maximum atomic E-state index is 14.0. The van der Waals surface area contributed by atoms with E-state index in [0.29, 0.717) is 17.6 Å². The molecule has 0 aliphatic carbocycles. The molecule has 1 aromatic carbocycles. The third-order valence-corrected chi connectivity index (χ3v) is 5.11. The molecule has 1 aliphatic heterocycles. The summed E-state index contributed by atoms with van der Waals surface area (Å²) < 4.78 is 18.9. The van der Waals surface area contributed by atoms with Crippen LogP contribution in [0.15, 0.2) is 28.8 Å². The molecule has 0 saturated carbocycles. The van der Waals surface area contributed by atoms with Crippen molar-refractivity contribution in [1.29, 1.82) is 0 Å². The Balaban J connectivity index is 1.69. The molecule has 0 spiro atoms. The van der Waals surface area contributed by atoms with Crippen molar-refractivity contribution in [3.63, 3.8) is 0 Å². The van der Waals surface area contributed by atoms with Gasteiger partial charge in [-0.15, -0.1) is 0 Å². The molecule has 3 rings (SSSR count). The number of halogens is 2. The highest BCUT2D eigenvalue weighted by atomic mass is 35.5. The molecule has 0 radical (unpaired) electrons. The second-order valence-electron chi connectivity index (χ2n) is 7.10. The summed E-state index contributed by atoms with van der Waals surface area (Å²) in [6.45, 7) is 6.99. The van der Waals surface area contributed by atoms with Gasteiger partial charge in [-0.3, -0.25) is 9.69 Å². The number of rotatable bonds is 6. The highest BCUT2D eigenvalue weighted by molar-refractivity contribution is 6.30. The minimum Gasteiger partial charge on any atom is -0.360 e. The van der Waals surface area contributed by atoms with Gasteiger partial charge >= 0.3 is 0 Å². The van der Waals surface area contributed by atoms with E-state index < -0.39 is 5.82 Å². The number of benzene rings is 1. The molecule has 1 saturated heterocycles. The molecule has 27 heavy (non-hydrogen) atoms. The van der Waals surface area contributed by atoms with Gasteiger partial charge in [-0.25, -0.2) is 4.39 Å². The van der Waals surface area contributed by atoms with E-state index in [0.717, 1.165) is 18.5 Å². The van der Waals surface area contributed by atoms with Crippen LogP contribution >= 0.6 is 11.6 Å². The fourth-order valence-corrected chi connectivity index (χ4v) is 3.68. The lowest BCUT2D eigenvalue weighted by molar-refractivity contribution is -0.115. The van der Waals surface area contributed by atoms with E-state index in [4.69, 9.17) is 16.1 Å². The molecule has 8 heteroatoms. The first kappa shape index (κ1) is 19.8. The first-order valence-corrected chi connectivity index (χ1v) is 9.40. The number of aryl methyl sites for hydroxylation is 1. The van der Waals surface area contributed by atoms with Gasteiger partial charge in [0.25, 0.3) is 0 Å². The van der Waals surface area contributed by atoms with Crippen LogP contribution in [0.3, 0.4) is 0 Å². The second kappa shape index (κ2) is 8.37. The van der Waals surface area contributed by atoms with Crippen molar-refractivity contribution >= 4 is 23.3 Å². The zero-order valence-corrected chi connectivity index (χ0v) is 16.4. The van der Waals surface area contributed by atoms with Crippen LogP contribution in [-0.4, -0.2) is 41.1 Å². The molecule has 2 N–H and O–H groups in total. The fourth-order valence-electron chi connectivity index (χ4n) is 3.57. The predicted octanol–water partition coefficient (Wildman–Crippen LogP) is 3.53. The number of anilines is 1. The molecule has 2 heterocycles. The SMILES string of the molecule is Cc1cc(NC(=O)CNC2CCN(C(C)C)C2c2ccc(Cl)c(F)c2)no1. The van der Waals surface area contributed by atoms with Gasteiger partial charge in [-0.1, -0.05) is 22.8 Å². The van der Waals surface area contributed by atoms with Crippen LogP contribution in [0.5, 0.6) is 0 Å². The number of carbonyl (C=O) groups excluding carboxylic acids is 1. The van der Waals surface area contributed by atoms with Crippen molar-refractivity contribution in [3.8, 4) is 0 Å². The van der Waals surface area contributed by atoms with E-state index in [1.807, 2.05) is 6.07 Å². The number of aromatic nitrogens is 1. The summed E-state index contributed by atoms with van der Waals surface area (Å²) in [4.78, 5) is 14.5. The molecule has 1 amide bonds. The summed E-state index contributed by atoms with van der Waals surface area (Å²) in [6.07, 6.45) is 0.865. The van der Waals surface area contributed by atoms with Crippen LogP contribution in [0.1, 0.15) is 37.6 Å². The Hall–Kier alpha value is -1.96. The summed E-state index contributed by atoms with van der Waals surface area (Å²) in [5.74, 6) is 0.396. The van der Waals surface area contributed by atoms with Crippen molar-refractivity contribution in [1.82, 2.24) is 15.4 Å². The number of carbonyl (C=O) groups is 1. The summed E-state index contributed by atoms with van der Waals surface area (Å²) in [5, 5.41) is 9.87. The van der Waals surface area contributed by atoms with Gasteiger partial charge in [0.2, 0.25) is 5.91 Å². The van der Waals surface area contributed by atoms with E-state index in [1.54, 1.807) is 19.1 Å². The molecule has 1 fully saturated rings. The molecule has 2 atom stereocenters. The van der Waals surface area contributed by atoms with Gasteiger partial charge in [0.05, 0.1) is 17.6 Å². The lowest BCUT2D eigenvalue weighted by Crippen LogP contribution is -2.41. The van der Waals surface area contributed by atoms with Crippen LogP contribution in [0.2, 0.25) is 5.02 Å². The Morgan fingerprint density at radius 1 is 1.44 bits per heavy atom. The topological polar surface area (TPSA) is 70.4 Å². The highest BCUT2D eigenvalue weighted by Crippen LogP contribution is 2.35. The second-order valence-corrected chi connectivity index (χ2v) is 7.50. The molecular formula is C19H24ClFN4O2. The average Bonchev–Trinajstić information content (AvgIpc) is 3.21. The van der Waals surface area contributed by atoms with E-state index in [9.17, 15) is 9.18 Å². The minimum absolute atomic E-state index is 0.0257. The monoisotopic (exact) mass is 394 g/mol. The molecule has 146 valence electrons. The van der Waals surface area contributed by atoms with Crippen LogP contribution < -0.4 is 10.6 Å². The highest BCUT2D eigenvalue weighted by Gasteiger charge is 2.36. The molecule has 2 unspecified atom stereocenters. The normalized spacial score (nSPS) is 20.4. The van der Waals surface area contributed by atoms with Crippen LogP contribution in [0.4, 0.5) is 10.2 Å². The number of hydrogen-bond acceptors (Lipinski definition) is 5. The quantitative estimate of drug-likeness (QED) is 0.784. The van der Waals surface area contributed by atoms with Gasteiger partial charge in [0, 0.05) is 24.7 Å². The number of likely N-dealkylation sites (tertiary alicyclic amines) is 1. The van der Waals surface area contributed by atoms with E-state index in [-0.39, 0.29) is 29.6 Å².